The van der Waals surface area contributed by atoms with E-state index in [-0.39, 0.29) is 6.04 Å². The number of hydrogen-bond acceptors (Lipinski definition) is 5. The molecule has 2 aromatic carbocycles. The van der Waals surface area contributed by atoms with Gasteiger partial charge >= 0.3 is 0 Å². The Kier molecular flexibility index (Phi) is 6.04. The summed E-state index contributed by atoms with van der Waals surface area (Å²) in [6, 6.07) is 9.49. The van der Waals surface area contributed by atoms with Crippen molar-refractivity contribution < 1.29 is 18.4 Å². The Balaban J connectivity index is 1.48. The zero-order valence-corrected chi connectivity index (χ0v) is 19.2. The number of aryl methyl sites for hydroxylation is 1. The van der Waals surface area contributed by atoms with Crippen molar-refractivity contribution in [2.24, 2.45) is 5.16 Å². The van der Waals surface area contributed by atoms with Gasteiger partial charge in [-0.25, -0.2) is 13.8 Å². The molecule has 2 aliphatic rings. The van der Waals surface area contributed by atoms with Crippen molar-refractivity contribution >= 4 is 11.9 Å². The van der Waals surface area contributed by atoms with Crippen molar-refractivity contribution in [2.75, 3.05) is 20.3 Å². The molecule has 5 rings (SSSR count). The highest BCUT2D eigenvalue weighted by Crippen LogP contribution is 2.35. The van der Waals surface area contributed by atoms with Crippen molar-refractivity contribution in [3.63, 3.8) is 0 Å². The molecule has 1 fully saturated rings. The largest absolute Gasteiger partial charge is 0.495 e. The van der Waals surface area contributed by atoms with Crippen LogP contribution in [0.1, 0.15) is 42.1 Å². The van der Waals surface area contributed by atoms with Gasteiger partial charge < -0.3 is 19.0 Å². The van der Waals surface area contributed by atoms with E-state index in [1.54, 1.807) is 13.4 Å². The van der Waals surface area contributed by atoms with E-state index in [0.717, 1.165) is 53.7 Å². The summed E-state index contributed by atoms with van der Waals surface area (Å²) in [5.41, 5.74) is 4.41. The average molecular weight is 465 g/mol. The van der Waals surface area contributed by atoms with Gasteiger partial charge in [0.2, 0.25) is 0 Å². The van der Waals surface area contributed by atoms with E-state index in [2.05, 4.69) is 21.1 Å². The third kappa shape index (κ3) is 4.40. The Bertz CT molecular complexity index is 1250. The predicted molar refractivity (Wildman–Crippen MR) is 126 cm³/mol. The Morgan fingerprint density at radius 2 is 1.97 bits per heavy atom. The highest BCUT2D eigenvalue weighted by molar-refractivity contribution is 6.02. The number of oxime groups is 1. The van der Waals surface area contributed by atoms with Crippen molar-refractivity contribution in [1.82, 2.24) is 14.5 Å². The lowest BCUT2D eigenvalue weighted by atomic mass is 9.95. The normalized spacial score (nSPS) is 19.3. The number of ether oxygens (including phenoxy) is 1. The van der Waals surface area contributed by atoms with Crippen LogP contribution < -0.4 is 4.74 Å². The molecule has 0 N–H and O–H groups in total. The summed E-state index contributed by atoms with van der Waals surface area (Å²) in [6.45, 7) is 3.06. The number of hydrogen-bond donors (Lipinski definition) is 0. The zero-order chi connectivity index (χ0) is 23.7. The first-order valence-electron chi connectivity index (χ1n) is 11.3. The third-order valence-corrected chi connectivity index (χ3v) is 6.22. The molecule has 0 amide bonds. The zero-order valence-electron chi connectivity index (χ0n) is 19.2. The number of rotatable bonds is 4. The van der Waals surface area contributed by atoms with Crippen LogP contribution in [0.25, 0.3) is 11.8 Å². The monoisotopic (exact) mass is 464 g/mol. The quantitative estimate of drug-likeness (QED) is 0.517. The first-order valence-corrected chi connectivity index (χ1v) is 11.3. The topological polar surface area (TPSA) is 51.9 Å². The maximum absolute atomic E-state index is 14.0. The number of halogens is 2. The fraction of sp³-hybridized carbons (Fsp3) is 0.308. The smallest absolute Gasteiger partial charge is 0.171 e. The maximum Gasteiger partial charge on any atom is 0.171 e. The molecule has 3 aromatic rings. The number of piperidine rings is 1. The minimum absolute atomic E-state index is 0.212. The summed E-state index contributed by atoms with van der Waals surface area (Å²) >= 11 is 0. The number of nitrogens with zero attached hydrogens (tertiary/aromatic N) is 4. The van der Waals surface area contributed by atoms with E-state index < -0.39 is 11.6 Å². The molecule has 2 aliphatic heterocycles. The standard InChI is InChI=1S/C26H26F2N4O2/c1-17-15-31(16-29-17)24-6-5-18(11-25(24)33-2)10-19-4-3-8-32-23(7-9-34-30-26(19)32)20-12-21(27)14-22(28)13-20/h5-6,10-16,23H,3-4,7-9H2,1-2H3/b19-10+. The van der Waals surface area contributed by atoms with Gasteiger partial charge in [-0.05, 0) is 66.8 Å². The van der Waals surface area contributed by atoms with Gasteiger partial charge in [-0.1, -0.05) is 11.2 Å². The maximum atomic E-state index is 14.0. The second-order valence-corrected chi connectivity index (χ2v) is 8.58. The van der Waals surface area contributed by atoms with Crippen molar-refractivity contribution in [3.05, 3.63) is 83.0 Å². The van der Waals surface area contributed by atoms with E-state index in [0.29, 0.717) is 24.4 Å². The van der Waals surface area contributed by atoms with Crippen LogP contribution in [0, 0.1) is 18.6 Å². The molecule has 1 saturated heterocycles. The molecule has 1 aromatic heterocycles. The van der Waals surface area contributed by atoms with Gasteiger partial charge in [0.25, 0.3) is 0 Å². The summed E-state index contributed by atoms with van der Waals surface area (Å²) in [4.78, 5) is 12.0. The fourth-order valence-corrected chi connectivity index (χ4v) is 4.69. The van der Waals surface area contributed by atoms with Crippen molar-refractivity contribution in [1.29, 1.82) is 0 Å². The van der Waals surface area contributed by atoms with Crippen molar-refractivity contribution in [2.45, 2.75) is 32.2 Å². The first kappa shape index (κ1) is 22.1. The molecule has 0 bridgehead atoms. The summed E-state index contributed by atoms with van der Waals surface area (Å²) in [5.74, 6) is 0.289. The number of imidazole rings is 1. The van der Waals surface area contributed by atoms with Gasteiger partial charge in [0.1, 0.15) is 24.0 Å². The first-order chi connectivity index (χ1) is 16.5. The van der Waals surface area contributed by atoms with E-state index in [1.165, 1.54) is 12.1 Å². The number of amidine groups is 1. The minimum atomic E-state index is -0.577. The van der Waals surface area contributed by atoms with Gasteiger partial charge in [-0.2, -0.15) is 0 Å². The van der Waals surface area contributed by atoms with Crippen LogP contribution in [0.2, 0.25) is 0 Å². The Morgan fingerprint density at radius 1 is 1.15 bits per heavy atom. The van der Waals surface area contributed by atoms with Crippen LogP contribution in [0.3, 0.4) is 0 Å². The molecule has 1 atom stereocenters. The molecular formula is C26H26F2N4O2. The Hall–Kier alpha value is -3.68. The molecule has 6 nitrogen and oxygen atoms in total. The molecule has 8 heteroatoms. The van der Waals surface area contributed by atoms with E-state index in [4.69, 9.17) is 9.57 Å². The lowest BCUT2D eigenvalue weighted by molar-refractivity contribution is 0.140. The summed E-state index contributed by atoms with van der Waals surface area (Å²) in [5, 5.41) is 4.40. The van der Waals surface area contributed by atoms with Crippen LogP contribution in [-0.2, 0) is 4.84 Å². The van der Waals surface area contributed by atoms with E-state index in [9.17, 15) is 8.78 Å². The van der Waals surface area contributed by atoms with Gasteiger partial charge in [0.05, 0.1) is 30.9 Å². The SMILES string of the molecule is COc1cc(/C=C2\CCCN3C2=NOCCC3c2cc(F)cc(F)c2)ccc1-n1cnc(C)c1. The highest BCUT2D eigenvalue weighted by Gasteiger charge is 2.32. The van der Waals surface area contributed by atoms with Gasteiger partial charge in [-0.3, -0.25) is 0 Å². The fourth-order valence-electron chi connectivity index (χ4n) is 4.69. The number of methoxy groups -OCH3 is 1. The summed E-state index contributed by atoms with van der Waals surface area (Å²) in [7, 11) is 1.65. The highest BCUT2D eigenvalue weighted by atomic mass is 19.1. The van der Waals surface area contributed by atoms with Gasteiger partial charge in [0, 0.05) is 25.2 Å². The number of fused-ring (bicyclic) bond motifs is 1. The molecule has 34 heavy (non-hydrogen) atoms. The second-order valence-electron chi connectivity index (χ2n) is 8.58. The van der Waals surface area contributed by atoms with Gasteiger partial charge in [0.15, 0.2) is 5.84 Å². The van der Waals surface area contributed by atoms with Crippen LogP contribution in [0.15, 0.2) is 59.7 Å². The summed E-state index contributed by atoms with van der Waals surface area (Å²) in [6.07, 6.45) is 8.11. The summed E-state index contributed by atoms with van der Waals surface area (Å²) < 4.78 is 35.5. The molecule has 1 unspecified atom stereocenters. The van der Waals surface area contributed by atoms with Crippen molar-refractivity contribution in [3.8, 4) is 11.4 Å². The third-order valence-electron chi connectivity index (χ3n) is 6.22. The predicted octanol–water partition coefficient (Wildman–Crippen LogP) is 5.42. The molecule has 0 saturated carbocycles. The Labute approximate surface area is 197 Å². The average Bonchev–Trinajstić information content (AvgIpc) is 3.12. The molecule has 0 spiro atoms. The molecular weight excluding hydrogens is 438 g/mol. The molecule has 3 heterocycles. The van der Waals surface area contributed by atoms with Crippen LogP contribution in [0.4, 0.5) is 8.78 Å². The lowest BCUT2D eigenvalue weighted by Crippen LogP contribution is -2.39. The van der Waals surface area contributed by atoms with E-state index >= 15 is 0 Å². The minimum Gasteiger partial charge on any atom is -0.495 e. The lowest BCUT2D eigenvalue weighted by Gasteiger charge is -2.36. The van der Waals surface area contributed by atoms with Gasteiger partial charge in [-0.15, -0.1) is 0 Å². The number of benzene rings is 2. The second kappa shape index (κ2) is 9.29. The Morgan fingerprint density at radius 3 is 2.71 bits per heavy atom. The van der Waals surface area contributed by atoms with Crippen LogP contribution in [-0.4, -0.2) is 40.5 Å². The molecule has 0 radical (unpaired) electrons. The number of aromatic nitrogens is 2. The van der Waals surface area contributed by atoms with Crippen LogP contribution >= 0.6 is 0 Å². The molecule has 0 aliphatic carbocycles. The molecule has 176 valence electrons. The van der Waals surface area contributed by atoms with E-state index in [1.807, 2.05) is 35.9 Å². The van der Waals surface area contributed by atoms with Crippen LogP contribution in [0.5, 0.6) is 5.75 Å².